The molecule has 1 aromatic carbocycles. The fourth-order valence-corrected chi connectivity index (χ4v) is 1.98. The van der Waals surface area contributed by atoms with E-state index >= 15 is 0 Å². The third-order valence-corrected chi connectivity index (χ3v) is 3.18. The van der Waals surface area contributed by atoms with Crippen molar-refractivity contribution in [1.82, 2.24) is 5.32 Å². The fraction of sp³-hybridized carbons (Fsp3) is 0.500. The molecular weight excluding hydrogens is 262 g/mol. The van der Waals surface area contributed by atoms with Crippen molar-refractivity contribution in [2.75, 3.05) is 18.6 Å². The highest BCUT2D eigenvalue weighted by molar-refractivity contribution is 7.84. The third kappa shape index (κ3) is 6.38. The Morgan fingerprint density at radius 1 is 1.37 bits per heavy atom. The van der Waals surface area contributed by atoms with E-state index in [9.17, 15) is 9.00 Å². The lowest BCUT2D eigenvalue weighted by molar-refractivity contribution is -0.120. The summed E-state index contributed by atoms with van der Waals surface area (Å²) in [4.78, 5) is 11.8. The molecule has 0 aliphatic carbocycles. The van der Waals surface area contributed by atoms with Gasteiger partial charge in [-0.2, -0.15) is 0 Å². The molecule has 1 unspecified atom stereocenters. The number of carbonyl (C=O) groups is 1. The molecule has 0 spiro atoms. The third-order valence-electron chi connectivity index (χ3n) is 2.40. The predicted molar refractivity (Wildman–Crippen MR) is 77.9 cm³/mol. The number of carbonyl (C=O) groups excluding carboxylic acids is 1. The lowest BCUT2D eigenvalue weighted by atomic mass is 10.1. The first-order valence-electron chi connectivity index (χ1n) is 6.30. The van der Waals surface area contributed by atoms with Crippen molar-refractivity contribution < 1.29 is 13.7 Å². The molecule has 0 saturated heterocycles. The van der Waals surface area contributed by atoms with E-state index in [1.54, 1.807) is 6.26 Å². The van der Waals surface area contributed by atoms with Crippen molar-refractivity contribution in [3.05, 3.63) is 29.8 Å². The number of rotatable bonds is 7. The SMILES string of the molecule is CC(C)Oc1ccccc1CC(=O)NCCS(C)=O. The van der Waals surface area contributed by atoms with Crippen LogP contribution in [-0.4, -0.2) is 34.8 Å². The van der Waals surface area contributed by atoms with Crippen molar-refractivity contribution >= 4 is 16.7 Å². The van der Waals surface area contributed by atoms with E-state index in [4.69, 9.17) is 4.74 Å². The Kier molecular flexibility index (Phi) is 6.56. The van der Waals surface area contributed by atoms with E-state index in [1.165, 1.54) is 0 Å². The van der Waals surface area contributed by atoms with Gasteiger partial charge in [0.25, 0.3) is 0 Å². The average Bonchev–Trinajstić information content (AvgIpc) is 2.30. The maximum atomic E-state index is 11.8. The molecular formula is C14H21NO3S. The number of ether oxygens (including phenoxy) is 1. The Morgan fingerprint density at radius 3 is 2.68 bits per heavy atom. The first kappa shape index (κ1) is 15.7. The second kappa shape index (κ2) is 7.94. The molecule has 5 heteroatoms. The minimum absolute atomic E-state index is 0.0757. The number of benzene rings is 1. The lowest BCUT2D eigenvalue weighted by Gasteiger charge is -2.14. The standard InChI is InChI=1S/C14H21NO3S/c1-11(2)18-13-7-5-4-6-12(13)10-14(16)15-8-9-19(3)17/h4-7,11H,8-10H2,1-3H3,(H,15,16). The summed E-state index contributed by atoms with van der Waals surface area (Å²) in [5, 5.41) is 2.76. The summed E-state index contributed by atoms with van der Waals surface area (Å²) in [5.41, 5.74) is 0.867. The van der Waals surface area contributed by atoms with Crippen LogP contribution in [0.4, 0.5) is 0 Å². The van der Waals surface area contributed by atoms with Gasteiger partial charge in [-0.3, -0.25) is 9.00 Å². The molecule has 1 amide bonds. The highest BCUT2D eigenvalue weighted by Gasteiger charge is 2.09. The van der Waals surface area contributed by atoms with Gasteiger partial charge in [0, 0.05) is 34.9 Å². The summed E-state index contributed by atoms with van der Waals surface area (Å²) in [6.45, 7) is 4.34. The van der Waals surface area contributed by atoms with E-state index in [-0.39, 0.29) is 18.4 Å². The van der Waals surface area contributed by atoms with E-state index in [1.807, 2.05) is 38.1 Å². The molecule has 0 fully saturated rings. The second-order valence-electron chi connectivity index (χ2n) is 4.58. The highest BCUT2D eigenvalue weighted by Crippen LogP contribution is 2.19. The first-order valence-corrected chi connectivity index (χ1v) is 8.03. The van der Waals surface area contributed by atoms with Crippen molar-refractivity contribution in [3.8, 4) is 5.75 Å². The number of nitrogens with one attached hydrogen (secondary N) is 1. The van der Waals surface area contributed by atoms with Crippen LogP contribution in [0.25, 0.3) is 0 Å². The van der Waals surface area contributed by atoms with Crippen LogP contribution in [0.3, 0.4) is 0 Å². The monoisotopic (exact) mass is 283 g/mol. The van der Waals surface area contributed by atoms with Crippen LogP contribution in [0.5, 0.6) is 5.75 Å². The Bertz CT molecular complexity index is 446. The van der Waals surface area contributed by atoms with Crippen LogP contribution in [0, 0.1) is 0 Å². The maximum Gasteiger partial charge on any atom is 0.224 e. The molecule has 0 aliphatic rings. The molecule has 106 valence electrons. The van der Waals surface area contributed by atoms with Crippen molar-refractivity contribution in [3.63, 3.8) is 0 Å². The number of amides is 1. The van der Waals surface area contributed by atoms with Crippen LogP contribution in [0.2, 0.25) is 0 Å². The van der Waals surface area contributed by atoms with E-state index < -0.39 is 10.8 Å². The molecule has 1 N–H and O–H groups in total. The summed E-state index contributed by atoms with van der Waals surface area (Å²) in [7, 11) is -0.880. The zero-order valence-corrected chi connectivity index (χ0v) is 12.5. The minimum Gasteiger partial charge on any atom is -0.491 e. The van der Waals surface area contributed by atoms with Crippen molar-refractivity contribution in [2.24, 2.45) is 0 Å². The first-order chi connectivity index (χ1) is 8.99. The van der Waals surface area contributed by atoms with Gasteiger partial charge >= 0.3 is 0 Å². The van der Waals surface area contributed by atoms with E-state index in [0.717, 1.165) is 11.3 Å². The Morgan fingerprint density at radius 2 is 2.05 bits per heavy atom. The molecule has 0 radical (unpaired) electrons. The smallest absolute Gasteiger partial charge is 0.224 e. The molecule has 0 bridgehead atoms. The fourth-order valence-electron chi connectivity index (χ4n) is 1.59. The summed E-state index contributed by atoms with van der Waals surface area (Å²) in [5.74, 6) is 1.15. The molecule has 4 nitrogen and oxygen atoms in total. The van der Waals surface area contributed by atoms with Gasteiger partial charge in [0.05, 0.1) is 12.5 Å². The van der Waals surface area contributed by atoms with Gasteiger partial charge in [0.2, 0.25) is 5.91 Å². The summed E-state index contributed by atoms with van der Waals surface area (Å²) < 4.78 is 16.6. The average molecular weight is 283 g/mol. The Balaban J connectivity index is 2.56. The number of hydrogen-bond donors (Lipinski definition) is 1. The highest BCUT2D eigenvalue weighted by atomic mass is 32.2. The Labute approximate surface area is 117 Å². The molecule has 0 heterocycles. The minimum atomic E-state index is -0.880. The van der Waals surface area contributed by atoms with Gasteiger partial charge in [-0.05, 0) is 19.9 Å². The van der Waals surface area contributed by atoms with Gasteiger partial charge in [0.1, 0.15) is 5.75 Å². The molecule has 0 aliphatic heterocycles. The molecule has 0 aromatic heterocycles. The van der Waals surface area contributed by atoms with Gasteiger partial charge in [-0.1, -0.05) is 18.2 Å². The zero-order valence-electron chi connectivity index (χ0n) is 11.6. The Hall–Kier alpha value is -1.36. The number of para-hydroxylation sites is 1. The summed E-state index contributed by atoms with van der Waals surface area (Å²) in [6.07, 6.45) is 1.98. The molecule has 19 heavy (non-hydrogen) atoms. The van der Waals surface area contributed by atoms with Crippen molar-refractivity contribution in [2.45, 2.75) is 26.4 Å². The molecule has 1 rings (SSSR count). The van der Waals surface area contributed by atoms with Crippen LogP contribution >= 0.6 is 0 Å². The maximum absolute atomic E-state index is 11.8. The van der Waals surface area contributed by atoms with Crippen LogP contribution in [0.15, 0.2) is 24.3 Å². The largest absolute Gasteiger partial charge is 0.491 e. The molecule has 1 atom stereocenters. The molecule has 0 saturated carbocycles. The van der Waals surface area contributed by atoms with E-state index in [2.05, 4.69) is 5.32 Å². The topological polar surface area (TPSA) is 55.4 Å². The van der Waals surface area contributed by atoms with Crippen molar-refractivity contribution in [1.29, 1.82) is 0 Å². The quantitative estimate of drug-likeness (QED) is 0.825. The van der Waals surface area contributed by atoms with Gasteiger partial charge < -0.3 is 10.1 Å². The lowest BCUT2D eigenvalue weighted by Crippen LogP contribution is -2.29. The van der Waals surface area contributed by atoms with E-state index in [0.29, 0.717) is 12.3 Å². The van der Waals surface area contributed by atoms with Gasteiger partial charge in [0.15, 0.2) is 0 Å². The predicted octanol–water partition coefficient (Wildman–Crippen LogP) is 1.51. The zero-order chi connectivity index (χ0) is 14.3. The van der Waals surface area contributed by atoms with Crippen LogP contribution < -0.4 is 10.1 Å². The van der Waals surface area contributed by atoms with Gasteiger partial charge in [-0.25, -0.2) is 0 Å². The second-order valence-corrected chi connectivity index (χ2v) is 6.13. The number of hydrogen-bond acceptors (Lipinski definition) is 3. The van der Waals surface area contributed by atoms with Crippen LogP contribution in [0.1, 0.15) is 19.4 Å². The van der Waals surface area contributed by atoms with Crippen LogP contribution in [-0.2, 0) is 22.0 Å². The summed E-state index contributed by atoms with van der Waals surface area (Å²) in [6, 6.07) is 7.52. The van der Waals surface area contributed by atoms with Gasteiger partial charge in [-0.15, -0.1) is 0 Å². The summed E-state index contributed by atoms with van der Waals surface area (Å²) >= 11 is 0. The molecule has 1 aromatic rings. The normalized spacial score (nSPS) is 12.2.